The standard InChI is InChI=1S/C18H22ClN5O2/c1-22-7-9-23(10-8-22)17(25)16-3-2-6-24(16)18(26)21-14-5-4-13(12-20)15(19)11-14/h4-5,11,16H,2-3,6-10H2,1H3,(H,21,26)/t16-/m1/s1. The topological polar surface area (TPSA) is 79.7 Å². The summed E-state index contributed by atoms with van der Waals surface area (Å²) in [5.41, 5.74) is 0.866. The van der Waals surface area contributed by atoms with Crippen molar-refractivity contribution in [2.24, 2.45) is 0 Å². The summed E-state index contributed by atoms with van der Waals surface area (Å²) < 4.78 is 0. The molecule has 3 amide bonds. The molecule has 2 heterocycles. The van der Waals surface area contributed by atoms with E-state index in [2.05, 4.69) is 10.2 Å². The molecule has 0 saturated carbocycles. The van der Waals surface area contributed by atoms with Crippen LogP contribution in [0.1, 0.15) is 18.4 Å². The minimum atomic E-state index is -0.410. The summed E-state index contributed by atoms with van der Waals surface area (Å²) in [6.07, 6.45) is 1.50. The maximum absolute atomic E-state index is 12.8. The summed E-state index contributed by atoms with van der Waals surface area (Å²) in [4.78, 5) is 31.2. The molecule has 1 aromatic carbocycles. The average molecular weight is 376 g/mol. The average Bonchev–Trinajstić information content (AvgIpc) is 3.12. The van der Waals surface area contributed by atoms with Crippen molar-refractivity contribution in [3.63, 3.8) is 0 Å². The molecular formula is C18H22ClN5O2. The van der Waals surface area contributed by atoms with Gasteiger partial charge in [-0.25, -0.2) is 4.79 Å². The van der Waals surface area contributed by atoms with Crippen molar-refractivity contribution in [1.82, 2.24) is 14.7 Å². The summed E-state index contributed by atoms with van der Waals surface area (Å²) >= 11 is 6.01. The molecule has 0 radical (unpaired) electrons. The lowest BCUT2D eigenvalue weighted by Crippen LogP contribution is -2.54. The number of anilines is 1. The maximum atomic E-state index is 12.8. The van der Waals surface area contributed by atoms with Crippen LogP contribution < -0.4 is 5.32 Å². The van der Waals surface area contributed by atoms with Gasteiger partial charge in [-0.1, -0.05) is 11.6 Å². The van der Waals surface area contributed by atoms with Crippen molar-refractivity contribution in [3.05, 3.63) is 28.8 Å². The van der Waals surface area contributed by atoms with Crippen LogP contribution in [0.4, 0.5) is 10.5 Å². The second-order valence-electron chi connectivity index (χ2n) is 6.72. The molecule has 1 aromatic rings. The predicted octanol–water partition coefficient (Wildman–Crippen LogP) is 1.98. The van der Waals surface area contributed by atoms with E-state index in [9.17, 15) is 9.59 Å². The van der Waals surface area contributed by atoms with Gasteiger partial charge in [0.1, 0.15) is 12.1 Å². The van der Waals surface area contributed by atoms with Gasteiger partial charge in [-0.3, -0.25) is 4.79 Å². The van der Waals surface area contributed by atoms with Gasteiger partial charge >= 0.3 is 6.03 Å². The quantitative estimate of drug-likeness (QED) is 0.857. The fraction of sp³-hybridized carbons (Fsp3) is 0.500. The number of halogens is 1. The molecule has 0 unspecified atom stereocenters. The molecule has 2 fully saturated rings. The van der Waals surface area contributed by atoms with Crippen LogP contribution in [0.2, 0.25) is 5.02 Å². The van der Waals surface area contributed by atoms with Gasteiger partial charge in [-0.15, -0.1) is 0 Å². The molecule has 8 heteroatoms. The number of likely N-dealkylation sites (N-methyl/N-ethyl adjacent to an activating group) is 1. The molecule has 138 valence electrons. The molecular weight excluding hydrogens is 354 g/mol. The second-order valence-corrected chi connectivity index (χ2v) is 7.12. The van der Waals surface area contributed by atoms with Crippen LogP contribution in [0.3, 0.4) is 0 Å². The highest BCUT2D eigenvalue weighted by Crippen LogP contribution is 2.24. The van der Waals surface area contributed by atoms with E-state index < -0.39 is 6.04 Å². The Labute approximate surface area is 158 Å². The molecule has 0 aromatic heterocycles. The van der Waals surface area contributed by atoms with E-state index in [0.29, 0.717) is 37.3 Å². The summed E-state index contributed by atoms with van der Waals surface area (Å²) in [6.45, 7) is 3.67. The summed E-state index contributed by atoms with van der Waals surface area (Å²) in [5.74, 6) is 0.0311. The van der Waals surface area contributed by atoms with E-state index in [1.807, 2.05) is 18.0 Å². The number of likely N-dealkylation sites (tertiary alicyclic amines) is 1. The molecule has 0 aliphatic carbocycles. The Morgan fingerprint density at radius 1 is 1.23 bits per heavy atom. The Hall–Kier alpha value is -2.30. The van der Waals surface area contributed by atoms with Crippen LogP contribution >= 0.6 is 11.6 Å². The number of rotatable bonds is 2. The minimum absolute atomic E-state index is 0.0311. The molecule has 0 bridgehead atoms. The Morgan fingerprint density at radius 3 is 2.62 bits per heavy atom. The van der Waals surface area contributed by atoms with E-state index in [0.717, 1.165) is 19.5 Å². The Kier molecular flexibility index (Phi) is 5.64. The molecule has 2 saturated heterocycles. The van der Waals surface area contributed by atoms with Gasteiger partial charge in [-0.2, -0.15) is 5.26 Å². The number of carbonyl (C=O) groups excluding carboxylic acids is 2. The number of nitriles is 1. The number of hydrogen-bond acceptors (Lipinski definition) is 4. The van der Waals surface area contributed by atoms with Gasteiger partial charge in [0.15, 0.2) is 0 Å². The van der Waals surface area contributed by atoms with Gasteiger partial charge < -0.3 is 20.0 Å². The highest BCUT2D eigenvalue weighted by Gasteiger charge is 2.37. The number of hydrogen-bond donors (Lipinski definition) is 1. The molecule has 2 aliphatic heterocycles. The van der Waals surface area contributed by atoms with Crippen molar-refractivity contribution in [2.75, 3.05) is 45.1 Å². The number of nitrogens with one attached hydrogen (secondary N) is 1. The molecule has 2 aliphatic rings. The minimum Gasteiger partial charge on any atom is -0.338 e. The summed E-state index contributed by atoms with van der Waals surface area (Å²) in [7, 11) is 2.04. The molecule has 1 atom stereocenters. The van der Waals surface area contributed by atoms with Crippen LogP contribution in [-0.2, 0) is 4.79 Å². The SMILES string of the molecule is CN1CCN(C(=O)[C@H]2CCCN2C(=O)Nc2ccc(C#N)c(Cl)c2)CC1. The van der Waals surface area contributed by atoms with Gasteiger partial charge in [-0.05, 0) is 38.1 Å². The summed E-state index contributed by atoms with van der Waals surface area (Å²) in [6, 6.07) is 6.01. The van der Waals surface area contributed by atoms with E-state index in [1.165, 1.54) is 0 Å². The Morgan fingerprint density at radius 2 is 1.96 bits per heavy atom. The zero-order valence-corrected chi connectivity index (χ0v) is 15.5. The van der Waals surface area contributed by atoms with E-state index in [4.69, 9.17) is 16.9 Å². The van der Waals surface area contributed by atoms with E-state index in [-0.39, 0.29) is 17.0 Å². The number of amides is 3. The Balaban J connectivity index is 1.65. The molecule has 7 nitrogen and oxygen atoms in total. The van der Waals surface area contributed by atoms with Crippen LogP contribution in [0, 0.1) is 11.3 Å². The van der Waals surface area contributed by atoms with Crippen molar-refractivity contribution < 1.29 is 9.59 Å². The maximum Gasteiger partial charge on any atom is 0.322 e. The lowest BCUT2D eigenvalue weighted by atomic mass is 10.1. The third-order valence-electron chi connectivity index (χ3n) is 4.95. The van der Waals surface area contributed by atoms with Gasteiger partial charge in [0.2, 0.25) is 5.91 Å². The fourth-order valence-corrected chi connectivity index (χ4v) is 3.61. The first-order valence-electron chi connectivity index (χ1n) is 8.74. The van der Waals surface area contributed by atoms with Crippen LogP contribution in [0.5, 0.6) is 0 Å². The smallest absolute Gasteiger partial charge is 0.322 e. The number of nitrogens with zero attached hydrogens (tertiary/aromatic N) is 4. The van der Waals surface area contributed by atoms with Crippen molar-refractivity contribution in [1.29, 1.82) is 5.26 Å². The van der Waals surface area contributed by atoms with E-state index in [1.54, 1.807) is 23.1 Å². The first-order valence-corrected chi connectivity index (χ1v) is 9.12. The number of urea groups is 1. The lowest BCUT2D eigenvalue weighted by molar-refractivity contribution is -0.136. The predicted molar refractivity (Wildman–Crippen MR) is 99.0 cm³/mol. The first-order chi connectivity index (χ1) is 12.5. The molecule has 26 heavy (non-hydrogen) atoms. The van der Waals surface area contributed by atoms with Crippen molar-refractivity contribution >= 4 is 29.2 Å². The first kappa shape index (κ1) is 18.5. The fourth-order valence-electron chi connectivity index (χ4n) is 3.38. The largest absolute Gasteiger partial charge is 0.338 e. The highest BCUT2D eigenvalue weighted by molar-refractivity contribution is 6.32. The van der Waals surface area contributed by atoms with Crippen molar-refractivity contribution in [2.45, 2.75) is 18.9 Å². The highest BCUT2D eigenvalue weighted by atomic mass is 35.5. The van der Waals surface area contributed by atoms with Gasteiger partial charge in [0, 0.05) is 38.4 Å². The molecule has 0 spiro atoms. The van der Waals surface area contributed by atoms with Crippen LogP contribution in [0.25, 0.3) is 0 Å². The normalized spacial score (nSPS) is 20.7. The Bertz CT molecular complexity index is 740. The molecule has 3 rings (SSSR count). The second kappa shape index (κ2) is 7.94. The van der Waals surface area contributed by atoms with Gasteiger partial charge in [0.05, 0.1) is 10.6 Å². The van der Waals surface area contributed by atoms with Crippen molar-refractivity contribution in [3.8, 4) is 6.07 Å². The number of carbonyl (C=O) groups is 2. The molecule has 1 N–H and O–H groups in total. The third-order valence-corrected chi connectivity index (χ3v) is 5.27. The summed E-state index contributed by atoms with van der Waals surface area (Å²) in [5, 5.41) is 12.0. The third kappa shape index (κ3) is 3.92. The van der Waals surface area contributed by atoms with Gasteiger partial charge in [0.25, 0.3) is 0 Å². The number of piperazine rings is 1. The van der Waals surface area contributed by atoms with Crippen LogP contribution in [0.15, 0.2) is 18.2 Å². The van der Waals surface area contributed by atoms with Crippen LogP contribution in [-0.4, -0.2) is 72.5 Å². The zero-order chi connectivity index (χ0) is 18.7. The lowest BCUT2D eigenvalue weighted by Gasteiger charge is -2.35. The number of benzene rings is 1. The van der Waals surface area contributed by atoms with E-state index >= 15 is 0 Å². The zero-order valence-electron chi connectivity index (χ0n) is 14.7. The monoisotopic (exact) mass is 375 g/mol.